The molecule has 21 heavy (non-hydrogen) atoms. The lowest BCUT2D eigenvalue weighted by Crippen LogP contribution is -2.19. The third kappa shape index (κ3) is 6.46. The van der Waals surface area contributed by atoms with Gasteiger partial charge in [0, 0.05) is 7.11 Å². The van der Waals surface area contributed by atoms with E-state index in [4.69, 9.17) is 14.6 Å². The van der Waals surface area contributed by atoms with Gasteiger partial charge in [-0.15, -0.1) is 0 Å². The summed E-state index contributed by atoms with van der Waals surface area (Å²) in [7, 11) is -2.20. The molecule has 0 atom stereocenters. The molecule has 0 aliphatic rings. The summed E-state index contributed by atoms with van der Waals surface area (Å²) in [5.41, 5.74) is 1.19. The molecule has 0 fully saturated rings. The Morgan fingerprint density at radius 3 is 2.67 bits per heavy atom. The number of aliphatic carboxylic acids is 1. The molecule has 0 aromatic heterocycles. The number of carbonyl (C=O) groups is 1. The monoisotopic (exact) mass is 317 g/mol. The highest BCUT2D eigenvalue weighted by atomic mass is 32.2. The molecule has 1 aromatic carbocycles. The molecule has 7 nitrogen and oxygen atoms in total. The molecule has 0 unspecified atom stereocenters. The van der Waals surface area contributed by atoms with Crippen molar-refractivity contribution in [3.63, 3.8) is 0 Å². The second kappa shape index (κ2) is 7.84. The predicted octanol–water partition coefficient (Wildman–Crippen LogP) is 1.24. The number of carboxylic acid groups (broad SMARTS) is 1. The van der Waals surface area contributed by atoms with Crippen LogP contribution in [0.1, 0.15) is 12.0 Å². The number of aryl methyl sites for hydroxylation is 1. The number of methoxy groups -OCH3 is 1. The highest BCUT2D eigenvalue weighted by Gasteiger charge is 2.15. The number of carboxylic acids is 1. The molecule has 118 valence electrons. The average molecular weight is 317 g/mol. The number of ether oxygens (including phenoxy) is 2. The molecule has 0 saturated heterocycles. The fourth-order valence-electron chi connectivity index (χ4n) is 1.51. The summed E-state index contributed by atoms with van der Waals surface area (Å²) < 4.78 is 36.3. The van der Waals surface area contributed by atoms with Gasteiger partial charge in [-0.2, -0.15) is 0 Å². The van der Waals surface area contributed by atoms with Gasteiger partial charge in [-0.25, -0.2) is 8.42 Å². The van der Waals surface area contributed by atoms with Gasteiger partial charge in [-0.3, -0.25) is 9.52 Å². The Morgan fingerprint density at radius 2 is 2.05 bits per heavy atom. The van der Waals surface area contributed by atoms with Crippen LogP contribution in [0.4, 0.5) is 5.69 Å². The number of sulfonamides is 1. The van der Waals surface area contributed by atoms with Crippen LogP contribution >= 0.6 is 0 Å². The Kier molecular flexibility index (Phi) is 6.44. The zero-order valence-electron chi connectivity index (χ0n) is 12.0. The maximum absolute atomic E-state index is 11.8. The second-order valence-electron chi connectivity index (χ2n) is 4.41. The third-order valence-corrected chi connectivity index (χ3v) is 3.80. The molecule has 8 heteroatoms. The summed E-state index contributed by atoms with van der Waals surface area (Å²) in [5.74, 6) is -1.28. The van der Waals surface area contributed by atoms with E-state index in [1.165, 1.54) is 7.11 Å². The molecular weight excluding hydrogens is 298 g/mol. The van der Waals surface area contributed by atoms with Crippen molar-refractivity contribution in [1.82, 2.24) is 0 Å². The first-order valence-electron chi connectivity index (χ1n) is 6.29. The smallest absolute Gasteiger partial charge is 0.304 e. The molecule has 0 saturated carbocycles. The van der Waals surface area contributed by atoms with Gasteiger partial charge in [0.05, 0.1) is 24.5 Å². The number of nitrogens with one attached hydrogen (secondary N) is 1. The summed E-state index contributed by atoms with van der Waals surface area (Å²) in [6.07, 6.45) is -0.457. The zero-order valence-corrected chi connectivity index (χ0v) is 12.8. The largest absolute Gasteiger partial charge is 0.489 e. The standard InChI is InChI=1S/C13H19NO6S/c1-10-3-4-11(12(9-10)20-7-6-19-2)14-21(17,18)8-5-13(15)16/h3-4,9,14H,5-8H2,1-2H3,(H,15,16). The topological polar surface area (TPSA) is 102 Å². The van der Waals surface area contributed by atoms with E-state index < -0.39 is 28.2 Å². The Morgan fingerprint density at radius 1 is 1.33 bits per heavy atom. The van der Waals surface area contributed by atoms with Crippen molar-refractivity contribution in [1.29, 1.82) is 0 Å². The summed E-state index contributed by atoms with van der Waals surface area (Å²) >= 11 is 0. The summed E-state index contributed by atoms with van der Waals surface area (Å²) in [6.45, 7) is 2.51. The third-order valence-electron chi connectivity index (χ3n) is 2.53. The number of benzene rings is 1. The first kappa shape index (κ1) is 17.3. The van der Waals surface area contributed by atoms with Crippen LogP contribution in [0.25, 0.3) is 0 Å². The van der Waals surface area contributed by atoms with E-state index in [1.807, 2.05) is 6.92 Å². The van der Waals surface area contributed by atoms with Crippen molar-refractivity contribution in [3.05, 3.63) is 23.8 Å². The Labute approximate surface area is 123 Å². The summed E-state index contributed by atoms with van der Waals surface area (Å²) in [6, 6.07) is 5.01. The molecule has 0 spiro atoms. The van der Waals surface area contributed by atoms with E-state index in [0.29, 0.717) is 12.4 Å². The van der Waals surface area contributed by atoms with E-state index >= 15 is 0 Å². The maximum atomic E-state index is 11.8. The molecule has 0 aliphatic heterocycles. The fraction of sp³-hybridized carbons (Fsp3) is 0.462. The molecule has 1 aromatic rings. The van der Waals surface area contributed by atoms with Crippen LogP contribution in [0.3, 0.4) is 0 Å². The van der Waals surface area contributed by atoms with E-state index in [-0.39, 0.29) is 12.3 Å². The van der Waals surface area contributed by atoms with Gasteiger partial charge in [0.2, 0.25) is 10.0 Å². The van der Waals surface area contributed by atoms with Crippen molar-refractivity contribution in [2.75, 3.05) is 30.8 Å². The van der Waals surface area contributed by atoms with Gasteiger partial charge in [-0.1, -0.05) is 6.07 Å². The molecule has 1 rings (SSSR count). The van der Waals surface area contributed by atoms with Crippen LogP contribution in [0.15, 0.2) is 18.2 Å². The van der Waals surface area contributed by atoms with Gasteiger partial charge < -0.3 is 14.6 Å². The number of hydrogen-bond acceptors (Lipinski definition) is 5. The van der Waals surface area contributed by atoms with Crippen molar-refractivity contribution in [2.24, 2.45) is 0 Å². The average Bonchev–Trinajstić information content (AvgIpc) is 2.40. The number of anilines is 1. The summed E-state index contributed by atoms with van der Waals surface area (Å²) in [4.78, 5) is 10.5. The lowest BCUT2D eigenvalue weighted by molar-refractivity contribution is -0.136. The number of rotatable bonds is 9. The lowest BCUT2D eigenvalue weighted by Gasteiger charge is -2.14. The minimum absolute atomic E-state index is 0.280. The molecule has 0 aliphatic carbocycles. The van der Waals surface area contributed by atoms with E-state index in [1.54, 1.807) is 18.2 Å². The highest BCUT2D eigenvalue weighted by Crippen LogP contribution is 2.26. The van der Waals surface area contributed by atoms with Crippen molar-refractivity contribution in [3.8, 4) is 5.75 Å². The Balaban J connectivity index is 2.83. The van der Waals surface area contributed by atoms with Gasteiger partial charge in [0.15, 0.2) is 0 Å². The van der Waals surface area contributed by atoms with Crippen LogP contribution in [-0.2, 0) is 19.6 Å². The van der Waals surface area contributed by atoms with E-state index in [9.17, 15) is 13.2 Å². The van der Waals surface area contributed by atoms with Crippen LogP contribution in [0.5, 0.6) is 5.75 Å². The first-order valence-corrected chi connectivity index (χ1v) is 7.94. The second-order valence-corrected chi connectivity index (χ2v) is 6.25. The van der Waals surface area contributed by atoms with Crippen molar-refractivity contribution in [2.45, 2.75) is 13.3 Å². The lowest BCUT2D eigenvalue weighted by atomic mass is 10.2. The predicted molar refractivity (Wildman–Crippen MR) is 78.2 cm³/mol. The van der Waals surface area contributed by atoms with Gasteiger partial charge in [-0.05, 0) is 24.6 Å². The quantitative estimate of drug-likeness (QED) is 0.664. The Hall–Kier alpha value is -1.80. The van der Waals surface area contributed by atoms with Crippen LogP contribution < -0.4 is 9.46 Å². The van der Waals surface area contributed by atoms with Gasteiger partial charge >= 0.3 is 5.97 Å². The fourth-order valence-corrected chi connectivity index (χ4v) is 2.56. The van der Waals surface area contributed by atoms with Gasteiger partial charge in [0.1, 0.15) is 12.4 Å². The van der Waals surface area contributed by atoms with E-state index in [2.05, 4.69) is 4.72 Å². The SMILES string of the molecule is COCCOc1cc(C)ccc1NS(=O)(=O)CCC(=O)O. The van der Waals surface area contributed by atoms with Crippen LogP contribution in [0, 0.1) is 6.92 Å². The minimum atomic E-state index is -3.74. The highest BCUT2D eigenvalue weighted by molar-refractivity contribution is 7.92. The van der Waals surface area contributed by atoms with Gasteiger partial charge in [0.25, 0.3) is 0 Å². The minimum Gasteiger partial charge on any atom is -0.489 e. The molecular formula is C13H19NO6S. The van der Waals surface area contributed by atoms with Crippen molar-refractivity contribution >= 4 is 21.7 Å². The van der Waals surface area contributed by atoms with Crippen LogP contribution in [0.2, 0.25) is 0 Å². The summed E-state index contributed by atoms with van der Waals surface area (Å²) in [5, 5.41) is 8.55. The number of hydrogen-bond donors (Lipinski definition) is 2. The zero-order chi connectivity index (χ0) is 15.9. The normalized spacial score (nSPS) is 11.1. The molecule has 2 N–H and O–H groups in total. The molecule has 0 heterocycles. The molecule has 0 radical (unpaired) electrons. The van der Waals surface area contributed by atoms with Crippen molar-refractivity contribution < 1.29 is 27.8 Å². The molecule has 0 bridgehead atoms. The maximum Gasteiger partial charge on any atom is 0.304 e. The van der Waals surface area contributed by atoms with Crippen LogP contribution in [-0.4, -0.2) is 45.6 Å². The van der Waals surface area contributed by atoms with E-state index in [0.717, 1.165) is 5.56 Å². The first-order chi connectivity index (χ1) is 9.84. The Bertz CT molecular complexity index is 584. The molecule has 0 amide bonds.